The molecular weight excluding hydrogens is 604 g/mol. The van der Waals surface area contributed by atoms with E-state index in [1.54, 1.807) is 6.92 Å². The highest BCUT2D eigenvalue weighted by Gasteiger charge is 2.50. The van der Waals surface area contributed by atoms with Crippen molar-refractivity contribution in [3.63, 3.8) is 0 Å². The molecule has 6 heterocycles. The minimum absolute atomic E-state index is 0.0605. The van der Waals surface area contributed by atoms with Gasteiger partial charge in [0.2, 0.25) is 5.88 Å². The highest BCUT2D eigenvalue weighted by atomic mass is 19.4. The van der Waals surface area contributed by atoms with Crippen LogP contribution in [0.2, 0.25) is 0 Å². The summed E-state index contributed by atoms with van der Waals surface area (Å²) in [5.74, 6) is -2.34. The van der Waals surface area contributed by atoms with Gasteiger partial charge in [0, 0.05) is 37.7 Å². The van der Waals surface area contributed by atoms with Crippen molar-refractivity contribution in [1.29, 1.82) is 0 Å². The number of pyridine rings is 1. The second-order valence-electron chi connectivity index (χ2n) is 12.6. The molecule has 9 nitrogen and oxygen atoms in total. The van der Waals surface area contributed by atoms with Crippen LogP contribution in [-0.4, -0.2) is 82.5 Å². The minimum atomic E-state index is -5.06. The fourth-order valence-electron chi connectivity index (χ4n) is 7.76. The lowest BCUT2D eigenvalue weighted by Gasteiger charge is -2.42. The second-order valence-corrected chi connectivity index (χ2v) is 12.6. The number of rotatable bonds is 4. The van der Waals surface area contributed by atoms with Gasteiger partial charge < -0.3 is 25.4 Å². The molecule has 0 radical (unpaired) electrons. The van der Waals surface area contributed by atoms with E-state index in [4.69, 9.17) is 20.2 Å². The third-order valence-corrected chi connectivity index (χ3v) is 9.75. The first-order valence-electron chi connectivity index (χ1n) is 15.0. The van der Waals surface area contributed by atoms with Crippen molar-refractivity contribution < 1.29 is 35.8 Å². The molecule has 242 valence electrons. The van der Waals surface area contributed by atoms with Crippen LogP contribution in [0.3, 0.4) is 0 Å². The number of aromatic nitrogens is 3. The lowest BCUT2D eigenvalue weighted by Crippen LogP contribution is -2.61. The Kier molecular flexibility index (Phi) is 7.00. The molecule has 2 aromatic heterocycles. The number of alkyl halides is 4. The third-order valence-electron chi connectivity index (χ3n) is 9.75. The Bertz CT molecular complexity index is 1690. The van der Waals surface area contributed by atoms with Crippen molar-refractivity contribution in [3.8, 4) is 23.1 Å². The summed E-state index contributed by atoms with van der Waals surface area (Å²) in [6, 6.07) is 0.106. The quantitative estimate of drug-likeness (QED) is 0.309. The van der Waals surface area contributed by atoms with Gasteiger partial charge in [-0.1, -0.05) is 0 Å². The number of benzene rings is 1. The molecule has 0 amide bonds. The normalized spacial score (nSPS) is 28.2. The van der Waals surface area contributed by atoms with Gasteiger partial charge in [-0.15, -0.1) is 0 Å². The first-order valence-corrected chi connectivity index (χ1v) is 15.0. The third kappa shape index (κ3) is 4.72. The summed E-state index contributed by atoms with van der Waals surface area (Å²) in [6.07, 6.45) is -4.74. The molecule has 45 heavy (non-hydrogen) atoms. The Balaban J connectivity index is 1.44. The number of halogens is 6. The van der Waals surface area contributed by atoms with Gasteiger partial charge in [-0.2, -0.15) is 23.1 Å². The maximum absolute atomic E-state index is 16.7. The molecule has 5 atom stereocenters. The van der Waals surface area contributed by atoms with Crippen LogP contribution in [0, 0.1) is 18.6 Å². The number of nitrogens with one attached hydrogen (secondary N) is 1. The summed E-state index contributed by atoms with van der Waals surface area (Å²) >= 11 is 0. The number of hydrogen-bond acceptors (Lipinski definition) is 9. The van der Waals surface area contributed by atoms with Gasteiger partial charge in [0.05, 0.1) is 22.8 Å². The molecule has 7 rings (SSSR count). The summed E-state index contributed by atoms with van der Waals surface area (Å²) in [4.78, 5) is 17.3. The molecule has 0 spiro atoms. The van der Waals surface area contributed by atoms with Crippen molar-refractivity contribution in [2.45, 2.75) is 76.1 Å². The topological polar surface area (TPSA) is 102 Å². The zero-order valence-electron chi connectivity index (χ0n) is 24.9. The first kappa shape index (κ1) is 30.1. The molecule has 0 bridgehead atoms. The zero-order chi connectivity index (χ0) is 32.0. The van der Waals surface area contributed by atoms with Crippen molar-refractivity contribution >= 4 is 22.4 Å². The number of nitrogens with zero attached hydrogens (tertiary/aromatic N) is 5. The largest absolute Gasteiger partial charge is 0.472 e. The Morgan fingerprint density at radius 3 is 2.69 bits per heavy atom. The molecule has 4 aliphatic heterocycles. The van der Waals surface area contributed by atoms with Crippen LogP contribution in [0.4, 0.5) is 37.8 Å². The first-order chi connectivity index (χ1) is 21.3. The highest BCUT2D eigenvalue weighted by molar-refractivity contribution is 5.97. The van der Waals surface area contributed by atoms with Gasteiger partial charge in [0.25, 0.3) is 0 Å². The molecule has 0 saturated carbocycles. The van der Waals surface area contributed by atoms with E-state index < -0.39 is 63.7 Å². The summed E-state index contributed by atoms with van der Waals surface area (Å²) < 4.78 is 101. The average molecular weight is 638 g/mol. The summed E-state index contributed by atoms with van der Waals surface area (Å²) in [6.45, 7) is 6.82. The molecule has 0 aliphatic carbocycles. The predicted molar refractivity (Wildman–Crippen MR) is 154 cm³/mol. The van der Waals surface area contributed by atoms with Gasteiger partial charge in [0.1, 0.15) is 47.1 Å². The van der Waals surface area contributed by atoms with E-state index in [2.05, 4.69) is 20.2 Å². The highest BCUT2D eigenvalue weighted by Crippen LogP contribution is 2.47. The number of ether oxygens (including phenoxy) is 2. The van der Waals surface area contributed by atoms with E-state index in [1.165, 1.54) is 0 Å². The van der Waals surface area contributed by atoms with Gasteiger partial charge in [0.15, 0.2) is 5.82 Å². The van der Waals surface area contributed by atoms with E-state index in [-0.39, 0.29) is 53.7 Å². The number of piperazine rings is 1. The fourth-order valence-corrected chi connectivity index (χ4v) is 7.76. The molecular formula is C30H33F6N7O2. The summed E-state index contributed by atoms with van der Waals surface area (Å²) in [5.41, 5.74) is 0.558. The molecule has 1 aromatic carbocycles. The Hall–Kier alpha value is -3.59. The molecule has 3 fully saturated rings. The second kappa shape index (κ2) is 10.5. The van der Waals surface area contributed by atoms with Crippen LogP contribution < -0.4 is 25.4 Å². The molecule has 3 N–H and O–H groups in total. The zero-order valence-corrected chi connectivity index (χ0v) is 24.9. The molecule has 3 unspecified atom stereocenters. The van der Waals surface area contributed by atoms with E-state index >= 15 is 4.39 Å². The Labute approximate surface area is 255 Å². The number of fused-ring (bicyclic) bond motifs is 3. The molecule has 15 heteroatoms. The number of anilines is 2. The van der Waals surface area contributed by atoms with Crippen molar-refractivity contribution in [3.05, 3.63) is 28.8 Å². The maximum atomic E-state index is 16.7. The van der Waals surface area contributed by atoms with Gasteiger partial charge in [-0.3, -0.25) is 4.90 Å². The van der Waals surface area contributed by atoms with Crippen molar-refractivity contribution in [2.24, 2.45) is 0 Å². The van der Waals surface area contributed by atoms with E-state index in [0.29, 0.717) is 26.1 Å². The summed E-state index contributed by atoms with van der Waals surface area (Å²) in [5, 5.41) is 3.47. The van der Waals surface area contributed by atoms with E-state index in [1.807, 2.05) is 11.8 Å². The van der Waals surface area contributed by atoms with Gasteiger partial charge in [-0.25, -0.2) is 18.2 Å². The smallest absolute Gasteiger partial charge is 0.417 e. The van der Waals surface area contributed by atoms with E-state index in [0.717, 1.165) is 26.0 Å². The van der Waals surface area contributed by atoms with Crippen molar-refractivity contribution in [2.75, 3.05) is 43.4 Å². The average Bonchev–Trinajstić information content (AvgIpc) is 3.46. The Morgan fingerprint density at radius 1 is 1.16 bits per heavy atom. The van der Waals surface area contributed by atoms with Crippen LogP contribution in [0.1, 0.15) is 44.2 Å². The summed E-state index contributed by atoms with van der Waals surface area (Å²) in [7, 11) is 0. The van der Waals surface area contributed by atoms with E-state index in [9.17, 15) is 22.0 Å². The van der Waals surface area contributed by atoms with Crippen LogP contribution in [0.25, 0.3) is 22.2 Å². The fraction of sp³-hybridized carbons (Fsp3) is 0.567. The SMILES string of the molecule is Cc1c(F)c(N)cc(-c2nc3c4c(nc(OC[C@@]56CCCN5C[C@H](F)C6)nc4c2F)N2CCNC(C)C2C(C)O3)c1C(F)(F)F. The lowest BCUT2D eigenvalue weighted by atomic mass is 9.95. The monoisotopic (exact) mass is 637 g/mol. The number of hydrogen-bond donors (Lipinski definition) is 2. The number of nitrogen functional groups attached to an aromatic ring is 1. The van der Waals surface area contributed by atoms with Gasteiger partial charge >= 0.3 is 12.2 Å². The lowest BCUT2D eigenvalue weighted by molar-refractivity contribution is -0.137. The van der Waals surface area contributed by atoms with Crippen LogP contribution in [0.5, 0.6) is 11.9 Å². The van der Waals surface area contributed by atoms with Gasteiger partial charge in [-0.05, 0) is 51.8 Å². The van der Waals surface area contributed by atoms with Crippen LogP contribution in [-0.2, 0) is 6.18 Å². The number of nitrogens with two attached hydrogens (primary N) is 1. The standard InChI is InChI=1S/C30H33F6N7O2/c1-13-20(30(34,35)36)17(9-18(37)21(13)32)23-22(33)24-19-26(43-8-6-38-14(2)25(43)15(3)45-27(19)39-23)41-28(40-24)44-12-29-5-4-7-42(29)11-16(31)10-29/h9,14-16,25,38H,4-8,10-12,37H2,1-3H3/t14?,15?,16-,25?,29+/m1/s1. The van der Waals surface area contributed by atoms with Crippen LogP contribution >= 0.6 is 0 Å². The molecule has 3 aromatic rings. The van der Waals surface area contributed by atoms with Crippen molar-refractivity contribution in [1.82, 2.24) is 25.2 Å². The molecule has 4 aliphatic rings. The van der Waals surface area contributed by atoms with Crippen LogP contribution in [0.15, 0.2) is 6.07 Å². The molecule has 3 saturated heterocycles. The maximum Gasteiger partial charge on any atom is 0.417 e. The Morgan fingerprint density at radius 2 is 1.93 bits per heavy atom. The minimum Gasteiger partial charge on any atom is -0.472 e. The predicted octanol–water partition coefficient (Wildman–Crippen LogP) is 4.78.